The van der Waals surface area contributed by atoms with Crippen molar-refractivity contribution in [1.82, 2.24) is 14.8 Å². The van der Waals surface area contributed by atoms with Crippen LogP contribution in [-0.2, 0) is 0 Å². The van der Waals surface area contributed by atoms with Crippen LogP contribution in [0.15, 0.2) is 60.9 Å². The van der Waals surface area contributed by atoms with Crippen LogP contribution >= 0.6 is 34.8 Å². The monoisotopic (exact) mass is 500 g/mol. The van der Waals surface area contributed by atoms with Crippen LogP contribution in [0.2, 0.25) is 15.1 Å². The van der Waals surface area contributed by atoms with E-state index in [1.54, 1.807) is 41.9 Å². The predicted octanol–water partition coefficient (Wildman–Crippen LogP) is 6.15. The van der Waals surface area contributed by atoms with E-state index in [4.69, 9.17) is 39.9 Å². The number of aromatic nitrogens is 3. The molecule has 0 spiro atoms. The summed E-state index contributed by atoms with van der Waals surface area (Å²) in [5, 5.41) is 17.7. The molecule has 2 N–H and O–H groups in total. The van der Waals surface area contributed by atoms with Gasteiger partial charge in [-0.25, -0.2) is 9.48 Å². The molecular formula is C23H15Cl3N4O3. The van der Waals surface area contributed by atoms with E-state index in [1.807, 2.05) is 12.1 Å². The highest BCUT2D eigenvalue weighted by Gasteiger charge is 2.23. The fourth-order valence-electron chi connectivity index (χ4n) is 3.30. The number of carboxylic acids is 1. The molecule has 4 aromatic rings. The smallest absolute Gasteiger partial charge is 0.337 e. The summed E-state index contributed by atoms with van der Waals surface area (Å²) < 4.78 is 1.57. The summed E-state index contributed by atoms with van der Waals surface area (Å²) in [6.07, 6.45) is 2.55. The number of halogens is 3. The van der Waals surface area contributed by atoms with Crippen LogP contribution in [0.3, 0.4) is 0 Å². The van der Waals surface area contributed by atoms with Crippen molar-refractivity contribution in [3.05, 3.63) is 92.8 Å². The third-order valence-corrected chi connectivity index (χ3v) is 5.63. The first-order chi connectivity index (χ1) is 15.7. The molecule has 1 amide bonds. The zero-order valence-electron chi connectivity index (χ0n) is 17.0. The number of anilines is 1. The number of carbonyl (C=O) groups is 2. The van der Waals surface area contributed by atoms with E-state index in [9.17, 15) is 9.59 Å². The van der Waals surface area contributed by atoms with E-state index in [-0.39, 0.29) is 16.9 Å². The minimum absolute atomic E-state index is 0.0511. The lowest BCUT2D eigenvalue weighted by atomic mass is 10.1. The highest BCUT2D eigenvalue weighted by atomic mass is 35.5. The first-order valence-electron chi connectivity index (χ1n) is 9.55. The van der Waals surface area contributed by atoms with E-state index in [2.05, 4.69) is 15.4 Å². The van der Waals surface area contributed by atoms with E-state index in [0.29, 0.717) is 32.0 Å². The number of carbonyl (C=O) groups excluding carboxylic acids is 1. The molecular weight excluding hydrogens is 487 g/mol. The molecule has 4 rings (SSSR count). The molecule has 0 unspecified atom stereocenters. The van der Waals surface area contributed by atoms with Gasteiger partial charge in [-0.3, -0.25) is 9.78 Å². The molecule has 0 bridgehead atoms. The molecule has 0 saturated heterocycles. The van der Waals surface area contributed by atoms with Crippen molar-refractivity contribution in [2.45, 2.75) is 6.92 Å². The van der Waals surface area contributed by atoms with Crippen molar-refractivity contribution < 1.29 is 14.7 Å². The van der Waals surface area contributed by atoms with Crippen molar-refractivity contribution in [2.75, 3.05) is 5.32 Å². The van der Waals surface area contributed by atoms with Gasteiger partial charge >= 0.3 is 5.97 Å². The first-order valence-corrected chi connectivity index (χ1v) is 10.7. The molecule has 0 aliphatic rings. The number of nitrogens with zero attached hydrogens (tertiary/aromatic N) is 3. The molecule has 0 atom stereocenters. The van der Waals surface area contributed by atoms with Crippen LogP contribution in [0.5, 0.6) is 0 Å². The molecule has 166 valence electrons. The van der Waals surface area contributed by atoms with Crippen LogP contribution < -0.4 is 5.32 Å². The van der Waals surface area contributed by atoms with E-state index >= 15 is 0 Å². The maximum Gasteiger partial charge on any atom is 0.337 e. The highest BCUT2D eigenvalue weighted by molar-refractivity contribution is 6.35. The Hall–Kier alpha value is -3.39. The van der Waals surface area contributed by atoms with Gasteiger partial charge < -0.3 is 10.4 Å². The van der Waals surface area contributed by atoms with Crippen molar-refractivity contribution in [2.24, 2.45) is 0 Å². The van der Waals surface area contributed by atoms with Gasteiger partial charge in [0.25, 0.3) is 5.91 Å². The Morgan fingerprint density at radius 2 is 1.67 bits per heavy atom. The predicted molar refractivity (Wildman–Crippen MR) is 128 cm³/mol. The zero-order chi connectivity index (χ0) is 23.7. The minimum atomic E-state index is -1.15. The van der Waals surface area contributed by atoms with E-state index in [0.717, 1.165) is 5.56 Å². The van der Waals surface area contributed by atoms with Gasteiger partial charge in [0.05, 0.1) is 33.9 Å². The minimum Gasteiger partial charge on any atom is -0.478 e. The second-order valence-electron chi connectivity index (χ2n) is 7.06. The van der Waals surface area contributed by atoms with Crippen LogP contribution in [0, 0.1) is 6.92 Å². The normalized spacial score (nSPS) is 10.8. The fourth-order valence-corrected chi connectivity index (χ4v) is 3.92. The van der Waals surface area contributed by atoms with Gasteiger partial charge in [-0.05, 0) is 43.3 Å². The standard InChI is InChI=1S/C23H15Cl3N4O3/c1-12-20(22(31)28-17-8-14(23(32)33)10-27-11-17)29-30(19-7-6-16(25)9-18(19)26)21(12)13-2-4-15(24)5-3-13/h2-11H,1H3,(H,28,31)(H,32,33). The van der Waals surface area contributed by atoms with Crippen molar-refractivity contribution >= 4 is 52.4 Å². The molecule has 0 radical (unpaired) electrons. The van der Waals surface area contributed by atoms with Gasteiger partial charge in [0.1, 0.15) is 0 Å². The Kier molecular flexibility index (Phi) is 6.37. The Bertz CT molecular complexity index is 1380. The number of amides is 1. The molecule has 0 fully saturated rings. The summed E-state index contributed by atoms with van der Waals surface area (Å²) in [7, 11) is 0. The summed E-state index contributed by atoms with van der Waals surface area (Å²) >= 11 is 18.5. The summed E-state index contributed by atoms with van der Waals surface area (Å²) in [6.45, 7) is 1.76. The third kappa shape index (κ3) is 4.71. The van der Waals surface area contributed by atoms with Gasteiger partial charge in [0, 0.05) is 27.4 Å². The number of hydrogen-bond acceptors (Lipinski definition) is 4. The molecule has 0 saturated carbocycles. The number of benzene rings is 2. The average molecular weight is 502 g/mol. The summed E-state index contributed by atoms with van der Waals surface area (Å²) in [6, 6.07) is 13.4. The number of hydrogen-bond donors (Lipinski definition) is 2. The van der Waals surface area contributed by atoms with Crippen LogP contribution in [0.1, 0.15) is 26.4 Å². The third-order valence-electron chi connectivity index (χ3n) is 4.84. The van der Waals surface area contributed by atoms with Gasteiger partial charge in [-0.2, -0.15) is 5.10 Å². The Morgan fingerprint density at radius 3 is 2.33 bits per heavy atom. The van der Waals surface area contributed by atoms with Crippen molar-refractivity contribution in [3.8, 4) is 16.9 Å². The topological polar surface area (TPSA) is 97.1 Å². The zero-order valence-corrected chi connectivity index (χ0v) is 19.3. The van der Waals surface area contributed by atoms with Crippen LogP contribution in [-0.4, -0.2) is 31.7 Å². The SMILES string of the molecule is Cc1c(C(=O)Nc2cncc(C(=O)O)c2)nn(-c2ccc(Cl)cc2Cl)c1-c1ccc(Cl)cc1. The number of carboxylic acid groups (broad SMARTS) is 1. The molecule has 0 aliphatic carbocycles. The highest BCUT2D eigenvalue weighted by Crippen LogP contribution is 2.33. The molecule has 2 aromatic heterocycles. The lowest BCUT2D eigenvalue weighted by molar-refractivity contribution is 0.0696. The molecule has 33 heavy (non-hydrogen) atoms. The van der Waals surface area contributed by atoms with Crippen molar-refractivity contribution in [3.63, 3.8) is 0 Å². The summed E-state index contributed by atoms with van der Waals surface area (Å²) in [5.41, 5.74) is 2.83. The van der Waals surface area contributed by atoms with Crippen LogP contribution in [0.4, 0.5) is 5.69 Å². The number of pyridine rings is 1. The molecule has 0 aliphatic heterocycles. The van der Waals surface area contributed by atoms with Gasteiger partial charge in [-0.15, -0.1) is 0 Å². The average Bonchev–Trinajstić information content (AvgIpc) is 3.11. The quantitative estimate of drug-likeness (QED) is 0.342. The summed E-state index contributed by atoms with van der Waals surface area (Å²) in [5.74, 6) is -1.68. The largest absolute Gasteiger partial charge is 0.478 e. The summed E-state index contributed by atoms with van der Waals surface area (Å²) in [4.78, 5) is 28.2. The molecule has 2 aromatic carbocycles. The lowest BCUT2D eigenvalue weighted by Crippen LogP contribution is -2.15. The van der Waals surface area contributed by atoms with Crippen LogP contribution in [0.25, 0.3) is 16.9 Å². The maximum absolute atomic E-state index is 13.1. The molecule has 2 heterocycles. The molecule has 7 nitrogen and oxygen atoms in total. The Labute approximate surface area is 203 Å². The van der Waals surface area contributed by atoms with Gasteiger partial charge in [0.15, 0.2) is 5.69 Å². The second-order valence-corrected chi connectivity index (χ2v) is 8.34. The number of nitrogens with one attached hydrogen (secondary N) is 1. The van der Waals surface area contributed by atoms with E-state index < -0.39 is 11.9 Å². The molecule has 10 heteroatoms. The van der Waals surface area contributed by atoms with Gasteiger partial charge in [0.2, 0.25) is 0 Å². The lowest BCUT2D eigenvalue weighted by Gasteiger charge is -2.11. The fraction of sp³-hybridized carbons (Fsp3) is 0.0435. The number of rotatable bonds is 5. The first kappa shape index (κ1) is 22.8. The number of aromatic carboxylic acids is 1. The Morgan fingerprint density at radius 1 is 0.970 bits per heavy atom. The van der Waals surface area contributed by atoms with Gasteiger partial charge in [-0.1, -0.05) is 46.9 Å². The van der Waals surface area contributed by atoms with Crippen molar-refractivity contribution in [1.29, 1.82) is 0 Å². The maximum atomic E-state index is 13.1. The second kappa shape index (κ2) is 9.23. The Balaban J connectivity index is 1.82. The van der Waals surface area contributed by atoms with E-state index in [1.165, 1.54) is 18.5 Å².